The molecule has 11 heteroatoms. The maximum atomic E-state index is 13.6. The summed E-state index contributed by atoms with van der Waals surface area (Å²) < 4.78 is 16.5. The fourth-order valence-electron chi connectivity index (χ4n) is 4.33. The summed E-state index contributed by atoms with van der Waals surface area (Å²) in [5, 5.41) is 15.6. The van der Waals surface area contributed by atoms with Gasteiger partial charge in [-0.25, -0.2) is 0 Å². The summed E-state index contributed by atoms with van der Waals surface area (Å²) in [6.45, 7) is 7.72. The predicted molar refractivity (Wildman–Crippen MR) is 138 cm³/mol. The molecule has 2 atom stereocenters. The molecule has 0 spiro atoms. The van der Waals surface area contributed by atoms with Gasteiger partial charge < -0.3 is 24.4 Å². The Kier molecular flexibility index (Phi) is 10.7. The molecule has 0 unspecified atom stereocenters. The highest BCUT2D eigenvalue weighted by Crippen LogP contribution is 2.30. The van der Waals surface area contributed by atoms with Crippen LogP contribution in [-0.4, -0.2) is 83.0 Å². The summed E-state index contributed by atoms with van der Waals surface area (Å²) >= 11 is 0. The van der Waals surface area contributed by atoms with Gasteiger partial charge in [-0.1, -0.05) is 27.2 Å². The molecule has 2 amide bonds. The minimum Gasteiger partial charge on any atom is -0.493 e. The van der Waals surface area contributed by atoms with E-state index in [1.165, 1.54) is 4.80 Å². The average Bonchev–Trinajstić information content (AvgIpc) is 3.57. The van der Waals surface area contributed by atoms with Crippen LogP contribution < -0.4 is 14.8 Å². The Bertz CT molecular complexity index is 1020. The lowest BCUT2D eigenvalue weighted by Gasteiger charge is -2.32. The van der Waals surface area contributed by atoms with Gasteiger partial charge in [-0.2, -0.15) is 4.80 Å². The third-order valence-electron chi connectivity index (χ3n) is 6.38. The second-order valence-electron chi connectivity index (χ2n) is 9.67. The van der Waals surface area contributed by atoms with Crippen LogP contribution in [0.5, 0.6) is 11.5 Å². The van der Waals surface area contributed by atoms with E-state index in [0.29, 0.717) is 54.9 Å². The Morgan fingerprint density at radius 2 is 2.00 bits per heavy atom. The van der Waals surface area contributed by atoms with E-state index in [9.17, 15) is 9.59 Å². The van der Waals surface area contributed by atoms with Crippen LogP contribution in [0.4, 0.5) is 0 Å². The van der Waals surface area contributed by atoms with E-state index < -0.39 is 6.04 Å². The van der Waals surface area contributed by atoms with Gasteiger partial charge in [0.05, 0.1) is 20.3 Å². The first-order valence-corrected chi connectivity index (χ1v) is 13.0. The van der Waals surface area contributed by atoms with Crippen LogP contribution in [0, 0.1) is 5.92 Å². The molecule has 1 aromatic carbocycles. The molecular formula is C26H40N6O5. The smallest absolute Gasteiger partial charge is 0.247 e. The number of tetrazole rings is 1. The molecule has 2 aromatic rings. The Morgan fingerprint density at radius 1 is 1.22 bits per heavy atom. The number of rotatable bonds is 14. The second-order valence-corrected chi connectivity index (χ2v) is 9.67. The SMILES string of the molecule is CCC[C@H](C(=O)NCCC(C)C)N(C[C@H]1CCCO1)C(=O)Cn1nnc(-c2ccc(OC)c(OC)c2)n1. The summed E-state index contributed by atoms with van der Waals surface area (Å²) in [6.07, 6.45) is 3.94. The molecule has 3 rings (SSSR count). The first kappa shape index (κ1) is 28.4. The number of ether oxygens (including phenoxy) is 3. The van der Waals surface area contributed by atoms with Gasteiger partial charge in [0.1, 0.15) is 12.6 Å². The highest BCUT2D eigenvalue weighted by Gasteiger charge is 2.32. The molecule has 0 radical (unpaired) electrons. The van der Waals surface area contributed by atoms with Crippen molar-refractivity contribution in [1.29, 1.82) is 0 Å². The Morgan fingerprint density at radius 3 is 2.65 bits per heavy atom. The topological polar surface area (TPSA) is 121 Å². The molecule has 1 aliphatic rings. The van der Waals surface area contributed by atoms with Crippen LogP contribution in [0.25, 0.3) is 11.4 Å². The van der Waals surface area contributed by atoms with Gasteiger partial charge in [0, 0.05) is 25.3 Å². The number of nitrogens with one attached hydrogen (secondary N) is 1. The lowest BCUT2D eigenvalue weighted by atomic mass is 10.1. The summed E-state index contributed by atoms with van der Waals surface area (Å²) in [5.41, 5.74) is 0.681. The van der Waals surface area contributed by atoms with Crippen molar-refractivity contribution >= 4 is 11.8 Å². The number of carbonyl (C=O) groups excluding carboxylic acids is 2. The number of aromatic nitrogens is 4. The van der Waals surface area contributed by atoms with Gasteiger partial charge in [0.15, 0.2) is 11.5 Å². The molecule has 2 heterocycles. The van der Waals surface area contributed by atoms with Crippen molar-refractivity contribution in [3.05, 3.63) is 18.2 Å². The minimum absolute atomic E-state index is 0.0854. The van der Waals surface area contributed by atoms with Gasteiger partial charge in [-0.15, -0.1) is 10.2 Å². The van der Waals surface area contributed by atoms with Crippen molar-refractivity contribution in [1.82, 2.24) is 30.4 Å². The molecule has 1 aromatic heterocycles. The van der Waals surface area contributed by atoms with E-state index in [1.807, 2.05) is 6.92 Å². The van der Waals surface area contributed by atoms with Crippen LogP contribution in [-0.2, 0) is 20.9 Å². The molecule has 0 saturated carbocycles. The second kappa shape index (κ2) is 13.9. The van der Waals surface area contributed by atoms with Crippen LogP contribution in [0.3, 0.4) is 0 Å². The summed E-state index contributed by atoms with van der Waals surface area (Å²) in [4.78, 5) is 29.6. The quantitative estimate of drug-likeness (QED) is 0.407. The first-order valence-electron chi connectivity index (χ1n) is 13.0. The fraction of sp³-hybridized carbons (Fsp3) is 0.654. The normalized spacial score (nSPS) is 16.0. The zero-order chi connectivity index (χ0) is 26.8. The number of benzene rings is 1. The van der Waals surface area contributed by atoms with E-state index in [-0.39, 0.29) is 24.5 Å². The van der Waals surface area contributed by atoms with Crippen molar-refractivity contribution in [3.63, 3.8) is 0 Å². The van der Waals surface area contributed by atoms with Gasteiger partial charge in [0.2, 0.25) is 17.6 Å². The number of carbonyl (C=O) groups is 2. The van der Waals surface area contributed by atoms with Crippen molar-refractivity contribution < 1.29 is 23.8 Å². The Hall–Kier alpha value is -3.21. The third kappa shape index (κ3) is 7.88. The van der Waals surface area contributed by atoms with E-state index in [0.717, 1.165) is 25.7 Å². The number of methoxy groups -OCH3 is 2. The van der Waals surface area contributed by atoms with Crippen LogP contribution in [0.1, 0.15) is 52.9 Å². The van der Waals surface area contributed by atoms with E-state index >= 15 is 0 Å². The largest absolute Gasteiger partial charge is 0.493 e. The molecule has 0 aliphatic carbocycles. The molecule has 1 fully saturated rings. The average molecular weight is 517 g/mol. The van der Waals surface area contributed by atoms with Crippen LogP contribution in [0.15, 0.2) is 18.2 Å². The minimum atomic E-state index is -0.581. The molecule has 1 saturated heterocycles. The number of hydrogen-bond acceptors (Lipinski definition) is 8. The molecule has 1 N–H and O–H groups in total. The van der Waals surface area contributed by atoms with Gasteiger partial charge in [0.25, 0.3) is 0 Å². The van der Waals surface area contributed by atoms with Gasteiger partial charge >= 0.3 is 0 Å². The van der Waals surface area contributed by atoms with Crippen molar-refractivity contribution in [2.45, 2.75) is 71.6 Å². The van der Waals surface area contributed by atoms with Crippen molar-refractivity contribution in [2.24, 2.45) is 5.92 Å². The highest BCUT2D eigenvalue weighted by atomic mass is 16.5. The Labute approximate surface area is 218 Å². The monoisotopic (exact) mass is 516 g/mol. The lowest BCUT2D eigenvalue weighted by Crippen LogP contribution is -2.53. The molecule has 11 nitrogen and oxygen atoms in total. The summed E-state index contributed by atoms with van der Waals surface area (Å²) in [7, 11) is 3.12. The molecular weight excluding hydrogens is 476 g/mol. The summed E-state index contributed by atoms with van der Waals surface area (Å²) in [5.74, 6) is 1.59. The zero-order valence-electron chi connectivity index (χ0n) is 22.6. The standard InChI is InChI=1S/C26H40N6O5/c1-6-8-21(26(34)27-13-12-18(2)3)31(16-20-9-7-14-37-20)24(33)17-32-29-25(28-30-32)19-10-11-22(35-4)23(15-19)36-5/h10-11,15,18,20-21H,6-9,12-14,16-17H2,1-5H3,(H,27,34)/t20-,21-/m1/s1. The summed E-state index contributed by atoms with van der Waals surface area (Å²) in [6, 6.07) is 4.73. The number of hydrogen-bond donors (Lipinski definition) is 1. The number of nitrogens with zero attached hydrogens (tertiary/aromatic N) is 5. The Balaban J connectivity index is 1.77. The van der Waals surface area contributed by atoms with Gasteiger partial charge in [-0.05, 0) is 55.0 Å². The molecule has 1 aliphatic heterocycles. The van der Waals surface area contributed by atoms with Crippen LogP contribution >= 0.6 is 0 Å². The van der Waals surface area contributed by atoms with Gasteiger partial charge in [-0.3, -0.25) is 9.59 Å². The third-order valence-corrected chi connectivity index (χ3v) is 6.38. The molecule has 37 heavy (non-hydrogen) atoms. The molecule has 0 bridgehead atoms. The lowest BCUT2D eigenvalue weighted by molar-refractivity contribution is -0.143. The van der Waals surface area contributed by atoms with Crippen molar-refractivity contribution in [3.8, 4) is 22.9 Å². The first-order chi connectivity index (χ1) is 17.9. The zero-order valence-corrected chi connectivity index (χ0v) is 22.6. The predicted octanol–water partition coefficient (Wildman–Crippen LogP) is 2.70. The van der Waals surface area contributed by atoms with E-state index in [4.69, 9.17) is 14.2 Å². The number of amides is 2. The molecule has 204 valence electrons. The maximum absolute atomic E-state index is 13.6. The van der Waals surface area contributed by atoms with E-state index in [2.05, 4.69) is 34.6 Å². The maximum Gasteiger partial charge on any atom is 0.247 e. The van der Waals surface area contributed by atoms with Crippen molar-refractivity contribution in [2.75, 3.05) is 33.9 Å². The van der Waals surface area contributed by atoms with E-state index in [1.54, 1.807) is 37.3 Å². The fourth-order valence-corrected chi connectivity index (χ4v) is 4.33. The highest BCUT2D eigenvalue weighted by molar-refractivity contribution is 5.87. The van der Waals surface area contributed by atoms with Crippen LogP contribution in [0.2, 0.25) is 0 Å².